The van der Waals surface area contributed by atoms with Crippen molar-refractivity contribution in [2.45, 2.75) is 24.0 Å². The molecule has 1 saturated heterocycles. The summed E-state index contributed by atoms with van der Waals surface area (Å²) >= 11 is 0. The number of morpholine rings is 1. The fraction of sp³-hybridized carbons (Fsp3) is 0.474. The molecule has 0 amide bonds. The van der Waals surface area contributed by atoms with Gasteiger partial charge in [-0.15, -0.1) is 0 Å². The highest BCUT2D eigenvalue weighted by atomic mass is 32.2. The van der Waals surface area contributed by atoms with Gasteiger partial charge >= 0.3 is 11.9 Å². The van der Waals surface area contributed by atoms with E-state index in [0.29, 0.717) is 26.3 Å². The van der Waals surface area contributed by atoms with Crippen LogP contribution >= 0.6 is 0 Å². The van der Waals surface area contributed by atoms with Gasteiger partial charge in [-0.3, -0.25) is 0 Å². The molecule has 0 spiro atoms. The molecule has 0 aliphatic carbocycles. The zero-order valence-electron chi connectivity index (χ0n) is 16.9. The molecule has 0 radical (unpaired) electrons. The van der Waals surface area contributed by atoms with E-state index in [2.05, 4.69) is 10.1 Å². The number of rotatable bonds is 7. The van der Waals surface area contributed by atoms with Crippen molar-refractivity contribution >= 4 is 33.2 Å². The summed E-state index contributed by atoms with van der Waals surface area (Å²) in [7, 11) is -1.34. The Bertz CT molecular complexity index is 888. The van der Waals surface area contributed by atoms with E-state index in [9.17, 15) is 18.0 Å². The molecule has 29 heavy (non-hydrogen) atoms. The number of methoxy groups -OCH3 is 2. The maximum atomic E-state index is 12.8. The first kappa shape index (κ1) is 22.7. The normalized spacial score (nSPS) is 15.2. The molecule has 1 fully saturated rings. The predicted molar refractivity (Wildman–Crippen MR) is 108 cm³/mol. The third-order valence-corrected chi connectivity index (χ3v) is 6.61. The predicted octanol–water partition coefficient (Wildman–Crippen LogP) is 1.35. The third-order valence-electron chi connectivity index (χ3n) is 4.40. The second-order valence-corrected chi connectivity index (χ2v) is 9.04. The largest absolute Gasteiger partial charge is 0.466 e. The SMILES string of the molecule is COC(=O)/C=C(/Nc1cc(N2CCOCC2)ccc1S(=O)(=O)C(C)C)C(=O)OC. The summed E-state index contributed by atoms with van der Waals surface area (Å²) < 4.78 is 40.3. The number of ether oxygens (including phenoxy) is 3. The minimum absolute atomic E-state index is 0.0178. The van der Waals surface area contributed by atoms with Crippen LogP contribution in [-0.4, -0.2) is 66.1 Å². The van der Waals surface area contributed by atoms with Gasteiger partial charge in [-0.2, -0.15) is 0 Å². The first-order chi connectivity index (χ1) is 13.7. The van der Waals surface area contributed by atoms with Crippen LogP contribution in [0, 0.1) is 0 Å². The number of hydrogen-bond donors (Lipinski definition) is 1. The standard InChI is InChI=1S/C19H26N2O7S/c1-13(2)29(24,25)17-6-5-14(21-7-9-28-10-8-21)11-15(17)20-16(19(23)27-4)12-18(22)26-3/h5-6,11-13,20H,7-10H2,1-4H3/b16-12+. The number of carbonyl (C=O) groups excluding carboxylic acids is 2. The van der Waals surface area contributed by atoms with Crippen molar-refractivity contribution in [1.82, 2.24) is 0 Å². The summed E-state index contributed by atoms with van der Waals surface area (Å²) in [6.45, 7) is 5.56. The Hall–Kier alpha value is -2.59. The first-order valence-corrected chi connectivity index (χ1v) is 10.6. The van der Waals surface area contributed by atoms with E-state index in [4.69, 9.17) is 9.47 Å². The number of nitrogens with one attached hydrogen (secondary N) is 1. The average Bonchev–Trinajstić information content (AvgIpc) is 2.72. The topological polar surface area (TPSA) is 111 Å². The van der Waals surface area contributed by atoms with Gasteiger partial charge in [0.2, 0.25) is 0 Å². The molecule has 1 aromatic carbocycles. The van der Waals surface area contributed by atoms with Crippen LogP contribution in [0.5, 0.6) is 0 Å². The van der Waals surface area contributed by atoms with E-state index in [1.807, 2.05) is 4.90 Å². The lowest BCUT2D eigenvalue weighted by molar-refractivity contribution is -0.138. The van der Waals surface area contributed by atoms with Crippen LogP contribution in [0.25, 0.3) is 0 Å². The van der Waals surface area contributed by atoms with Gasteiger partial charge in [0.05, 0.1) is 49.3 Å². The van der Waals surface area contributed by atoms with Crippen molar-refractivity contribution in [3.05, 3.63) is 30.0 Å². The first-order valence-electron chi connectivity index (χ1n) is 9.06. The van der Waals surface area contributed by atoms with E-state index in [0.717, 1.165) is 18.9 Å². The molecule has 1 aromatic rings. The summed E-state index contributed by atoms with van der Waals surface area (Å²) in [5.41, 5.74) is 0.697. The minimum atomic E-state index is -3.67. The zero-order valence-corrected chi connectivity index (χ0v) is 17.7. The minimum Gasteiger partial charge on any atom is -0.466 e. The van der Waals surface area contributed by atoms with Crippen molar-refractivity contribution in [3.63, 3.8) is 0 Å². The smallest absolute Gasteiger partial charge is 0.354 e. The second kappa shape index (κ2) is 9.75. The molecule has 160 valence electrons. The van der Waals surface area contributed by atoms with E-state index >= 15 is 0 Å². The molecule has 9 nitrogen and oxygen atoms in total. The van der Waals surface area contributed by atoms with Crippen LogP contribution < -0.4 is 10.2 Å². The fourth-order valence-corrected chi connectivity index (χ4v) is 3.90. The van der Waals surface area contributed by atoms with Gasteiger partial charge in [0, 0.05) is 18.8 Å². The quantitative estimate of drug-likeness (QED) is 0.510. The van der Waals surface area contributed by atoms with Gasteiger partial charge in [0.1, 0.15) is 5.70 Å². The molecule has 0 aromatic heterocycles. The number of anilines is 2. The van der Waals surface area contributed by atoms with Crippen LogP contribution in [0.15, 0.2) is 34.9 Å². The highest BCUT2D eigenvalue weighted by Crippen LogP contribution is 2.31. The number of nitrogens with zero attached hydrogens (tertiary/aromatic N) is 1. The van der Waals surface area contributed by atoms with Crippen molar-refractivity contribution in [2.75, 3.05) is 50.7 Å². The van der Waals surface area contributed by atoms with Crippen molar-refractivity contribution in [2.24, 2.45) is 0 Å². The van der Waals surface area contributed by atoms with Crippen LogP contribution in [-0.2, 0) is 33.6 Å². The molecule has 1 aliphatic heterocycles. The number of sulfone groups is 1. The van der Waals surface area contributed by atoms with E-state index in [-0.39, 0.29) is 16.3 Å². The molecule has 2 rings (SSSR count). The number of hydrogen-bond acceptors (Lipinski definition) is 9. The van der Waals surface area contributed by atoms with E-state index < -0.39 is 27.0 Å². The molecule has 0 unspecified atom stereocenters. The maximum absolute atomic E-state index is 12.8. The second-order valence-electron chi connectivity index (χ2n) is 6.57. The Balaban J connectivity index is 2.55. The Morgan fingerprint density at radius 1 is 1.17 bits per heavy atom. The Labute approximate surface area is 170 Å². The summed E-state index contributed by atoms with van der Waals surface area (Å²) in [5.74, 6) is -1.62. The van der Waals surface area contributed by atoms with Crippen LogP contribution in [0.3, 0.4) is 0 Å². The molecule has 1 aliphatic rings. The van der Waals surface area contributed by atoms with Gasteiger partial charge in [0.25, 0.3) is 0 Å². The molecule has 0 atom stereocenters. The lowest BCUT2D eigenvalue weighted by Gasteiger charge is -2.29. The average molecular weight is 426 g/mol. The third kappa shape index (κ3) is 5.48. The summed E-state index contributed by atoms with van der Waals surface area (Å²) in [6, 6.07) is 4.84. The fourth-order valence-electron chi connectivity index (χ4n) is 2.71. The molecule has 0 bridgehead atoms. The molecular weight excluding hydrogens is 400 g/mol. The molecule has 10 heteroatoms. The number of carbonyl (C=O) groups is 2. The molecule has 1 N–H and O–H groups in total. The summed E-state index contributed by atoms with van der Waals surface area (Å²) in [5, 5.41) is 2.08. The van der Waals surface area contributed by atoms with Crippen LogP contribution in [0.1, 0.15) is 13.8 Å². The van der Waals surface area contributed by atoms with Crippen molar-refractivity contribution < 1.29 is 32.2 Å². The number of benzene rings is 1. The molecule has 0 saturated carbocycles. The van der Waals surface area contributed by atoms with E-state index in [1.54, 1.807) is 26.0 Å². The highest BCUT2D eigenvalue weighted by Gasteiger charge is 2.26. The van der Waals surface area contributed by atoms with Crippen LogP contribution in [0.4, 0.5) is 11.4 Å². The van der Waals surface area contributed by atoms with E-state index in [1.165, 1.54) is 13.2 Å². The van der Waals surface area contributed by atoms with Crippen molar-refractivity contribution in [3.8, 4) is 0 Å². The monoisotopic (exact) mass is 426 g/mol. The number of esters is 2. The zero-order chi connectivity index (χ0) is 21.6. The Morgan fingerprint density at radius 2 is 1.83 bits per heavy atom. The maximum Gasteiger partial charge on any atom is 0.354 e. The molecular formula is C19H26N2O7S. The van der Waals surface area contributed by atoms with Crippen molar-refractivity contribution in [1.29, 1.82) is 0 Å². The summed E-state index contributed by atoms with van der Waals surface area (Å²) in [6.07, 6.45) is 0.916. The van der Waals surface area contributed by atoms with Gasteiger partial charge < -0.3 is 24.4 Å². The van der Waals surface area contributed by atoms with Gasteiger partial charge in [-0.25, -0.2) is 18.0 Å². The highest BCUT2D eigenvalue weighted by molar-refractivity contribution is 7.92. The van der Waals surface area contributed by atoms with Crippen LogP contribution in [0.2, 0.25) is 0 Å². The summed E-state index contributed by atoms with van der Waals surface area (Å²) in [4.78, 5) is 25.8. The lowest BCUT2D eigenvalue weighted by Crippen LogP contribution is -2.36. The lowest BCUT2D eigenvalue weighted by atomic mass is 10.2. The van der Waals surface area contributed by atoms with Gasteiger partial charge in [-0.05, 0) is 32.0 Å². The molecule has 1 heterocycles. The van der Waals surface area contributed by atoms with Gasteiger partial charge in [0.15, 0.2) is 9.84 Å². The van der Waals surface area contributed by atoms with Gasteiger partial charge in [-0.1, -0.05) is 0 Å². The Morgan fingerprint density at radius 3 is 2.38 bits per heavy atom. The Kier molecular flexibility index (Phi) is 7.63.